The lowest BCUT2D eigenvalue weighted by Crippen LogP contribution is -2.41. The Morgan fingerprint density at radius 2 is 2.10 bits per heavy atom. The van der Waals surface area contributed by atoms with Gasteiger partial charge in [0.15, 0.2) is 0 Å². The molecule has 0 aromatic heterocycles. The smallest absolute Gasteiger partial charge is 0.0722 e. The lowest BCUT2D eigenvalue weighted by molar-refractivity contribution is 0.0532. The molecule has 1 heterocycles. The number of aryl methyl sites for hydroxylation is 1. The summed E-state index contributed by atoms with van der Waals surface area (Å²) in [4.78, 5) is 2.43. The van der Waals surface area contributed by atoms with Crippen molar-refractivity contribution in [3.63, 3.8) is 0 Å². The van der Waals surface area contributed by atoms with Crippen molar-refractivity contribution in [1.82, 2.24) is 5.32 Å². The molecule has 3 nitrogen and oxygen atoms in total. The maximum atomic E-state index is 5.62. The second-order valence-electron chi connectivity index (χ2n) is 6.85. The molecule has 1 aliphatic rings. The summed E-state index contributed by atoms with van der Waals surface area (Å²) in [7, 11) is 0. The predicted octanol–water partition coefficient (Wildman–Crippen LogP) is 3.11. The summed E-state index contributed by atoms with van der Waals surface area (Å²) in [6.45, 7) is 14.7. The van der Waals surface area contributed by atoms with Crippen molar-refractivity contribution in [2.45, 2.75) is 52.8 Å². The van der Waals surface area contributed by atoms with Gasteiger partial charge >= 0.3 is 0 Å². The van der Waals surface area contributed by atoms with Crippen LogP contribution in [0.3, 0.4) is 0 Å². The number of benzene rings is 1. The van der Waals surface area contributed by atoms with Crippen LogP contribution in [0.25, 0.3) is 0 Å². The van der Waals surface area contributed by atoms with Gasteiger partial charge in [0.25, 0.3) is 0 Å². The van der Waals surface area contributed by atoms with Crippen LogP contribution in [0, 0.1) is 6.92 Å². The zero-order valence-corrected chi connectivity index (χ0v) is 13.5. The van der Waals surface area contributed by atoms with Gasteiger partial charge in [0.2, 0.25) is 0 Å². The van der Waals surface area contributed by atoms with E-state index in [0.717, 1.165) is 26.2 Å². The van der Waals surface area contributed by atoms with E-state index in [-0.39, 0.29) is 5.54 Å². The van der Waals surface area contributed by atoms with E-state index in [4.69, 9.17) is 4.74 Å². The highest BCUT2D eigenvalue weighted by atomic mass is 16.5. The fraction of sp³-hybridized carbons (Fsp3) is 0.647. The zero-order valence-electron chi connectivity index (χ0n) is 13.5. The standard InChI is InChI=1S/C17H28N2O/c1-13-10-15(11-18-17(3,4)5)6-7-16(13)19-8-9-20-14(2)12-19/h6-7,10,14,18H,8-9,11-12H2,1-5H3. The first-order valence-electron chi connectivity index (χ1n) is 7.56. The number of anilines is 1. The van der Waals surface area contributed by atoms with Crippen LogP contribution < -0.4 is 10.2 Å². The van der Waals surface area contributed by atoms with Crippen LogP contribution in [0.1, 0.15) is 38.8 Å². The van der Waals surface area contributed by atoms with Gasteiger partial charge in [-0.3, -0.25) is 0 Å². The van der Waals surface area contributed by atoms with E-state index in [1.807, 2.05) is 0 Å². The van der Waals surface area contributed by atoms with E-state index >= 15 is 0 Å². The molecule has 0 spiro atoms. The molecular weight excluding hydrogens is 248 g/mol. The number of hydrogen-bond donors (Lipinski definition) is 1. The fourth-order valence-corrected chi connectivity index (χ4v) is 2.59. The number of hydrogen-bond acceptors (Lipinski definition) is 3. The molecule has 0 aliphatic carbocycles. The Kier molecular flexibility index (Phi) is 4.71. The summed E-state index contributed by atoms with van der Waals surface area (Å²) < 4.78 is 5.62. The second kappa shape index (κ2) is 6.15. The first-order valence-corrected chi connectivity index (χ1v) is 7.56. The Balaban J connectivity index is 2.05. The minimum Gasteiger partial charge on any atom is -0.375 e. The number of ether oxygens (including phenoxy) is 1. The topological polar surface area (TPSA) is 24.5 Å². The molecular formula is C17H28N2O. The van der Waals surface area contributed by atoms with Gasteiger partial charge in [-0.1, -0.05) is 12.1 Å². The third kappa shape index (κ3) is 4.22. The number of morpholine rings is 1. The summed E-state index contributed by atoms with van der Waals surface area (Å²) in [5, 5.41) is 3.54. The van der Waals surface area contributed by atoms with E-state index < -0.39 is 0 Å². The van der Waals surface area contributed by atoms with E-state index in [1.54, 1.807) is 0 Å². The average molecular weight is 276 g/mol. The largest absolute Gasteiger partial charge is 0.375 e. The molecule has 0 amide bonds. The summed E-state index contributed by atoms with van der Waals surface area (Å²) >= 11 is 0. The van der Waals surface area contributed by atoms with Gasteiger partial charge in [-0.15, -0.1) is 0 Å². The maximum absolute atomic E-state index is 5.62. The summed E-state index contributed by atoms with van der Waals surface area (Å²) in [6, 6.07) is 6.79. The molecule has 0 saturated carbocycles. The van der Waals surface area contributed by atoms with Crippen molar-refractivity contribution >= 4 is 5.69 Å². The molecule has 1 aromatic carbocycles. The van der Waals surface area contributed by atoms with Crippen LogP contribution in [0.4, 0.5) is 5.69 Å². The van der Waals surface area contributed by atoms with Gasteiger partial charge < -0.3 is 15.0 Å². The quantitative estimate of drug-likeness (QED) is 0.918. The van der Waals surface area contributed by atoms with Crippen LogP contribution >= 0.6 is 0 Å². The number of nitrogens with one attached hydrogen (secondary N) is 1. The Morgan fingerprint density at radius 3 is 2.70 bits per heavy atom. The van der Waals surface area contributed by atoms with Crippen molar-refractivity contribution in [1.29, 1.82) is 0 Å². The van der Waals surface area contributed by atoms with Crippen LogP contribution in [0.2, 0.25) is 0 Å². The molecule has 20 heavy (non-hydrogen) atoms. The maximum Gasteiger partial charge on any atom is 0.0722 e. The first-order chi connectivity index (χ1) is 9.35. The van der Waals surface area contributed by atoms with E-state index in [2.05, 4.69) is 63.0 Å². The third-order valence-corrected chi connectivity index (χ3v) is 3.67. The molecule has 1 aliphatic heterocycles. The fourth-order valence-electron chi connectivity index (χ4n) is 2.59. The molecule has 0 bridgehead atoms. The highest BCUT2D eigenvalue weighted by Gasteiger charge is 2.18. The Labute approximate surface area is 123 Å². The van der Waals surface area contributed by atoms with Gasteiger partial charge in [0, 0.05) is 30.9 Å². The van der Waals surface area contributed by atoms with Gasteiger partial charge in [-0.05, 0) is 51.8 Å². The van der Waals surface area contributed by atoms with Crippen molar-refractivity contribution in [2.24, 2.45) is 0 Å². The van der Waals surface area contributed by atoms with Crippen molar-refractivity contribution in [2.75, 3.05) is 24.6 Å². The van der Waals surface area contributed by atoms with Gasteiger partial charge in [0.05, 0.1) is 12.7 Å². The van der Waals surface area contributed by atoms with Crippen molar-refractivity contribution in [3.05, 3.63) is 29.3 Å². The van der Waals surface area contributed by atoms with Crippen LogP contribution in [0.15, 0.2) is 18.2 Å². The summed E-state index contributed by atoms with van der Waals surface area (Å²) in [6.07, 6.45) is 0.324. The molecule has 1 saturated heterocycles. The van der Waals surface area contributed by atoms with Crippen molar-refractivity contribution in [3.8, 4) is 0 Å². The molecule has 1 atom stereocenters. The van der Waals surface area contributed by atoms with Crippen LogP contribution in [0.5, 0.6) is 0 Å². The van der Waals surface area contributed by atoms with E-state index in [9.17, 15) is 0 Å². The monoisotopic (exact) mass is 276 g/mol. The molecule has 2 rings (SSSR count). The lowest BCUT2D eigenvalue weighted by Gasteiger charge is -2.34. The van der Waals surface area contributed by atoms with Gasteiger partial charge in [-0.25, -0.2) is 0 Å². The minimum atomic E-state index is 0.159. The van der Waals surface area contributed by atoms with Crippen LogP contribution in [-0.4, -0.2) is 31.3 Å². The molecule has 1 fully saturated rings. The predicted molar refractivity (Wildman–Crippen MR) is 85.4 cm³/mol. The highest BCUT2D eigenvalue weighted by molar-refractivity contribution is 5.54. The third-order valence-electron chi connectivity index (χ3n) is 3.67. The van der Waals surface area contributed by atoms with E-state index in [1.165, 1.54) is 16.8 Å². The Morgan fingerprint density at radius 1 is 1.35 bits per heavy atom. The molecule has 112 valence electrons. The first kappa shape index (κ1) is 15.3. The SMILES string of the molecule is Cc1cc(CNC(C)(C)C)ccc1N1CCOC(C)C1. The second-order valence-corrected chi connectivity index (χ2v) is 6.85. The molecule has 1 aromatic rings. The van der Waals surface area contributed by atoms with Crippen molar-refractivity contribution < 1.29 is 4.74 Å². The number of nitrogens with zero attached hydrogens (tertiary/aromatic N) is 1. The average Bonchev–Trinajstić information content (AvgIpc) is 2.35. The Bertz CT molecular complexity index is 451. The summed E-state index contributed by atoms with van der Waals surface area (Å²) in [5.74, 6) is 0. The zero-order chi connectivity index (χ0) is 14.8. The van der Waals surface area contributed by atoms with Gasteiger partial charge in [0.1, 0.15) is 0 Å². The molecule has 0 radical (unpaired) electrons. The van der Waals surface area contributed by atoms with Gasteiger partial charge in [-0.2, -0.15) is 0 Å². The summed E-state index contributed by atoms with van der Waals surface area (Å²) in [5.41, 5.74) is 4.21. The number of rotatable bonds is 3. The lowest BCUT2D eigenvalue weighted by atomic mass is 10.1. The normalized spacial score (nSPS) is 20.2. The van der Waals surface area contributed by atoms with Crippen LogP contribution in [-0.2, 0) is 11.3 Å². The highest BCUT2D eigenvalue weighted by Crippen LogP contribution is 2.23. The van der Waals surface area contributed by atoms with E-state index in [0.29, 0.717) is 6.10 Å². The minimum absolute atomic E-state index is 0.159. The molecule has 3 heteroatoms. The molecule has 1 N–H and O–H groups in total. The Hall–Kier alpha value is -1.06. The molecule has 1 unspecified atom stereocenters.